The predicted molar refractivity (Wildman–Crippen MR) is 99.8 cm³/mol. The van der Waals surface area contributed by atoms with Crippen molar-refractivity contribution in [2.75, 3.05) is 0 Å². The fourth-order valence-corrected chi connectivity index (χ4v) is 2.98. The minimum atomic E-state index is -0.905. The van der Waals surface area contributed by atoms with Crippen molar-refractivity contribution in [1.29, 1.82) is 0 Å². The molecule has 0 radical (unpaired) electrons. The summed E-state index contributed by atoms with van der Waals surface area (Å²) in [6, 6.07) is 0. The molecule has 1 heterocycles. The SMILES string of the molecule is CCCCC/C=C\C[C@H]1O[C@H]([C@H](O)/C=C/[C@H](O)CCCC(=O)O)C[C@H]1O. The Morgan fingerprint density at radius 1 is 1.19 bits per heavy atom. The fourth-order valence-electron chi connectivity index (χ4n) is 2.98. The molecule has 6 nitrogen and oxygen atoms in total. The van der Waals surface area contributed by atoms with E-state index in [4.69, 9.17) is 9.84 Å². The van der Waals surface area contributed by atoms with Gasteiger partial charge in [0, 0.05) is 12.8 Å². The number of allylic oxidation sites excluding steroid dienone is 1. The van der Waals surface area contributed by atoms with Gasteiger partial charge in [-0.2, -0.15) is 0 Å². The normalized spacial score (nSPS) is 25.9. The molecule has 1 aliphatic heterocycles. The maximum absolute atomic E-state index is 10.4. The molecule has 0 saturated carbocycles. The lowest BCUT2D eigenvalue weighted by Gasteiger charge is -2.16. The Balaban J connectivity index is 2.31. The van der Waals surface area contributed by atoms with Crippen LogP contribution in [0.4, 0.5) is 0 Å². The molecule has 1 aliphatic rings. The molecule has 0 bridgehead atoms. The van der Waals surface area contributed by atoms with E-state index < -0.39 is 30.4 Å². The highest BCUT2D eigenvalue weighted by Crippen LogP contribution is 2.26. The van der Waals surface area contributed by atoms with Crippen LogP contribution in [0.25, 0.3) is 0 Å². The zero-order chi connectivity index (χ0) is 19.4. The van der Waals surface area contributed by atoms with Gasteiger partial charge in [-0.3, -0.25) is 4.79 Å². The first-order valence-electron chi connectivity index (χ1n) is 9.68. The monoisotopic (exact) mass is 370 g/mol. The molecular weight excluding hydrogens is 336 g/mol. The van der Waals surface area contributed by atoms with Gasteiger partial charge in [-0.25, -0.2) is 0 Å². The van der Waals surface area contributed by atoms with Crippen LogP contribution >= 0.6 is 0 Å². The second-order valence-electron chi connectivity index (χ2n) is 6.95. The third-order valence-corrected chi connectivity index (χ3v) is 4.56. The van der Waals surface area contributed by atoms with E-state index in [1.807, 2.05) is 6.08 Å². The van der Waals surface area contributed by atoms with Crippen LogP contribution in [0.15, 0.2) is 24.3 Å². The molecule has 5 atom stereocenters. The van der Waals surface area contributed by atoms with Gasteiger partial charge in [0.25, 0.3) is 0 Å². The number of ether oxygens (including phenoxy) is 1. The summed E-state index contributed by atoms with van der Waals surface area (Å²) < 4.78 is 5.75. The smallest absolute Gasteiger partial charge is 0.303 e. The van der Waals surface area contributed by atoms with Crippen LogP contribution in [0.1, 0.15) is 64.7 Å². The van der Waals surface area contributed by atoms with Crippen LogP contribution in [0.5, 0.6) is 0 Å². The molecule has 4 N–H and O–H groups in total. The highest BCUT2D eigenvalue weighted by molar-refractivity contribution is 5.66. The summed E-state index contributed by atoms with van der Waals surface area (Å²) in [5.41, 5.74) is 0. The highest BCUT2D eigenvalue weighted by atomic mass is 16.5. The topological polar surface area (TPSA) is 107 Å². The highest BCUT2D eigenvalue weighted by Gasteiger charge is 2.36. The van der Waals surface area contributed by atoms with Gasteiger partial charge in [0.2, 0.25) is 0 Å². The molecule has 1 saturated heterocycles. The third kappa shape index (κ3) is 9.48. The molecule has 0 aromatic rings. The Labute approximate surface area is 156 Å². The number of hydrogen-bond donors (Lipinski definition) is 4. The van der Waals surface area contributed by atoms with Crippen LogP contribution in [-0.2, 0) is 9.53 Å². The molecule has 0 aromatic heterocycles. The zero-order valence-corrected chi connectivity index (χ0v) is 15.7. The quantitative estimate of drug-likeness (QED) is 0.293. The van der Waals surface area contributed by atoms with E-state index in [2.05, 4.69) is 13.0 Å². The summed E-state index contributed by atoms with van der Waals surface area (Å²) in [6.07, 6.45) is 10.3. The van der Waals surface area contributed by atoms with E-state index in [0.717, 1.165) is 6.42 Å². The number of aliphatic hydroxyl groups excluding tert-OH is 3. The molecule has 0 unspecified atom stereocenters. The van der Waals surface area contributed by atoms with Crippen molar-refractivity contribution >= 4 is 5.97 Å². The maximum atomic E-state index is 10.4. The second-order valence-corrected chi connectivity index (χ2v) is 6.95. The van der Waals surface area contributed by atoms with Crippen molar-refractivity contribution < 1.29 is 30.0 Å². The lowest BCUT2D eigenvalue weighted by Crippen LogP contribution is -2.24. The summed E-state index contributed by atoms with van der Waals surface area (Å²) in [6.45, 7) is 2.17. The standard InChI is InChI=1S/C20H34O6/c1-2-3-4-5-6-7-10-18-17(23)14-19(26-18)16(22)13-12-15(21)9-8-11-20(24)25/h6-7,12-13,15-19,21-23H,2-5,8-11,14H2,1H3,(H,24,25)/b7-6-,13-12+/t15-,16-,17-,18-,19+/m1/s1. The number of aliphatic carboxylic acids is 1. The first-order valence-corrected chi connectivity index (χ1v) is 9.68. The first kappa shape index (κ1) is 22.8. The fraction of sp³-hybridized carbons (Fsp3) is 0.750. The Morgan fingerprint density at radius 3 is 2.65 bits per heavy atom. The minimum absolute atomic E-state index is 0.0129. The summed E-state index contributed by atoms with van der Waals surface area (Å²) in [5.74, 6) is -0.889. The van der Waals surface area contributed by atoms with Gasteiger partial charge in [-0.1, -0.05) is 44.1 Å². The summed E-state index contributed by atoms with van der Waals surface area (Å²) in [5, 5.41) is 38.6. The van der Waals surface area contributed by atoms with Crippen LogP contribution in [-0.4, -0.2) is 56.9 Å². The molecule has 0 aromatic carbocycles. The second kappa shape index (κ2) is 13.0. The Bertz CT molecular complexity index is 448. The zero-order valence-electron chi connectivity index (χ0n) is 15.7. The average molecular weight is 370 g/mol. The van der Waals surface area contributed by atoms with E-state index in [1.165, 1.54) is 31.4 Å². The van der Waals surface area contributed by atoms with Crippen LogP contribution in [0, 0.1) is 0 Å². The predicted octanol–water partition coefficient (Wildman–Crippen LogP) is 2.56. The van der Waals surface area contributed by atoms with Gasteiger partial charge >= 0.3 is 5.97 Å². The van der Waals surface area contributed by atoms with Crippen LogP contribution in [0.2, 0.25) is 0 Å². The first-order chi connectivity index (χ1) is 12.4. The van der Waals surface area contributed by atoms with E-state index in [9.17, 15) is 20.1 Å². The molecule has 1 rings (SSSR count). The van der Waals surface area contributed by atoms with Crippen molar-refractivity contribution in [3.63, 3.8) is 0 Å². The summed E-state index contributed by atoms with van der Waals surface area (Å²) in [7, 11) is 0. The van der Waals surface area contributed by atoms with Gasteiger partial charge in [0.1, 0.15) is 0 Å². The lowest BCUT2D eigenvalue weighted by atomic mass is 10.0. The van der Waals surface area contributed by atoms with E-state index in [1.54, 1.807) is 0 Å². The summed E-state index contributed by atoms with van der Waals surface area (Å²) in [4.78, 5) is 10.4. The average Bonchev–Trinajstić information content (AvgIpc) is 2.96. The van der Waals surface area contributed by atoms with Gasteiger partial charge in [0.15, 0.2) is 0 Å². The van der Waals surface area contributed by atoms with Crippen molar-refractivity contribution in [3.05, 3.63) is 24.3 Å². The van der Waals surface area contributed by atoms with Gasteiger partial charge in [0.05, 0.1) is 30.5 Å². The number of carbonyl (C=O) groups is 1. The number of aliphatic hydroxyl groups is 3. The maximum Gasteiger partial charge on any atom is 0.303 e. The summed E-state index contributed by atoms with van der Waals surface area (Å²) >= 11 is 0. The number of carboxylic acids is 1. The van der Waals surface area contributed by atoms with E-state index >= 15 is 0 Å². The van der Waals surface area contributed by atoms with Crippen LogP contribution in [0.3, 0.4) is 0 Å². The van der Waals surface area contributed by atoms with Crippen molar-refractivity contribution in [1.82, 2.24) is 0 Å². The lowest BCUT2D eigenvalue weighted by molar-refractivity contribution is -0.137. The van der Waals surface area contributed by atoms with Gasteiger partial charge < -0.3 is 25.2 Å². The molecule has 6 heteroatoms. The number of rotatable bonds is 13. The number of carboxylic acid groups (broad SMARTS) is 1. The molecule has 0 amide bonds. The van der Waals surface area contributed by atoms with Crippen molar-refractivity contribution in [2.24, 2.45) is 0 Å². The molecular formula is C20H34O6. The van der Waals surface area contributed by atoms with Gasteiger partial charge in [-0.15, -0.1) is 0 Å². The van der Waals surface area contributed by atoms with E-state index in [0.29, 0.717) is 25.7 Å². The Morgan fingerprint density at radius 2 is 1.96 bits per heavy atom. The minimum Gasteiger partial charge on any atom is -0.481 e. The Hall–Kier alpha value is -1.21. The Kier molecular flexibility index (Phi) is 11.4. The molecule has 1 fully saturated rings. The molecule has 150 valence electrons. The third-order valence-electron chi connectivity index (χ3n) is 4.56. The molecule has 0 aliphatic carbocycles. The van der Waals surface area contributed by atoms with Crippen molar-refractivity contribution in [2.45, 2.75) is 95.2 Å². The molecule has 0 spiro atoms. The van der Waals surface area contributed by atoms with Gasteiger partial charge in [-0.05, 0) is 32.1 Å². The number of unbranched alkanes of at least 4 members (excludes halogenated alkanes) is 3. The molecule has 26 heavy (non-hydrogen) atoms. The largest absolute Gasteiger partial charge is 0.481 e. The van der Waals surface area contributed by atoms with E-state index in [-0.39, 0.29) is 12.5 Å². The van der Waals surface area contributed by atoms with Crippen molar-refractivity contribution in [3.8, 4) is 0 Å². The van der Waals surface area contributed by atoms with Crippen LogP contribution < -0.4 is 0 Å². The number of hydrogen-bond acceptors (Lipinski definition) is 5.